The lowest BCUT2D eigenvalue weighted by molar-refractivity contribution is -0.122. The average molecular weight is 380 g/mol. The number of aromatic amines is 1. The van der Waals surface area contributed by atoms with Crippen LogP contribution in [0.2, 0.25) is 0 Å². The molecule has 0 aliphatic heterocycles. The number of hydrogen-bond donors (Lipinski definition) is 2. The fourth-order valence-corrected chi connectivity index (χ4v) is 4.64. The zero-order valence-corrected chi connectivity index (χ0v) is 16.3. The minimum atomic E-state index is -0.201. The van der Waals surface area contributed by atoms with Gasteiger partial charge in [-0.25, -0.2) is 0 Å². The highest BCUT2D eigenvalue weighted by atomic mass is 16.2. The largest absolute Gasteiger partial charge is 0.361 e. The van der Waals surface area contributed by atoms with Gasteiger partial charge in [-0.3, -0.25) is 4.79 Å². The van der Waals surface area contributed by atoms with Crippen molar-refractivity contribution in [3.05, 3.63) is 108 Å². The molecule has 1 amide bonds. The average Bonchev–Trinajstić information content (AvgIpc) is 3.43. The van der Waals surface area contributed by atoms with E-state index in [1.165, 1.54) is 22.1 Å². The third-order valence-corrected chi connectivity index (χ3v) is 6.22. The van der Waals surface area contributed by atoms with Crippen LogP contribution >= 0.6 is 0 Å². The second-order valence-corrected chi connectivity index (χ2v) is 7.86. The number of nitrogens with one attached hydrogen (secondary N) is 2. The Kier molecular flexibility index (Phi) is 4.44. The second-order valence-electron chi connectivity index (χ2n) is 7.86. The van der Waals surface area contributed by atoms with Gasteiger partial charge in [0.2, 0.25) is 5.91 Å². The number of para-hydroxylation sites is 1. The molecule has 0 spiro atoms. The Bertz CT molecular complexity index is 1090. The van der Waals surface area contributed by atoms with Gasteiger partial charge < -0.3 is 10.3 Å². The summed E-state index contributed by atoms with van der Waals surface area (Å²) in [5.41, 5.74) is 4.64. The molecule has 1 fully saturated rings. The Morgan fingerprint density at radius 2 is 1.52 bits per heavy atom. The number of benzene rings is 3. The molecule has 1 aliphatic rings. The molecule has 3 nitrogen and oxygen atoms in total. The van der Waals surface area contributed by atoms with Crippen LogP contribution in [0, 0.1) is 5.92 Å². The van der Waals surface area contributed by atoms with Crippen LogP contribution in [0.4, 0.5) is 0 Å². The first-order valence-corrected chi connectivity index (χ1v) is 10.2. The first kappa shape index (κ1) is 17.7. The van der Waals surface area contributed by atoms with Crippen LogP contribution in [-0.2, 0) is 16.6 Å². The van der Waals surface area contributed by atoms with Crippen molar-refractivity contribution >= 4 is 16.8 Å². The van der Waals surface area contributed by atoms with Crippen LogP contribution in [-0.4, -0.2) is 17.4 Å². The summed E-state index contributed by atoms with van der Waals surface area (Å²) in [5, 5.41) is 4.42. The number of aromatic nitrogens is 1. The van der Waals surface area contributed by atoms with Gasteiger partial charge in [0.05, 0.1) is 5.92 Å². The van der Waals surface area contributed by atoms with E-state index in [1.807, 2.05) is 24.4 Å². The molecular formula is C26H24N2O. The van der Waals surface area contributed by atoms with E-state index >= 15 is 0 Å². The van der Waals surface area contributed by atoms with Gasteiger partial charge in [-0.15, -0.1) is 0 Å². The smallest absolute Gasteiger partial charge is 0.224 e. The fourth-order valence-electron chi connectivity index (χ4n) is 4.64. The molecule has 2 N–H and O–H groups in total. The summed E-state index contributed by atoms with van der Waals surface area (Å²) in [4.78, 5) is 16.3. The molecule has 1 heterocycles. The highest BCUT2D eigenvalue weighted by Crippen LogP contribution is 2.58. The van der Waals surface area contributed by atoms with Crippen LogP contribution in [0.3, 0.4) is 0 Å². The van der Waals surface area contributed by atoms with Crippen molar-refractivity contribution in [1.29, 1.82) is 0 Å². The van der Waals surface area contributed by atoms with E-state index in [9.17, 15) is 4.79 Å². The van der Waals surface area contributed by atoms with Crippen molar-refractivity contribution < 1.29 is 4.79 Å². The van der Waals surface area contributed by atoms with Gasteiger partial charge in [-0.05, 0) is 35.6 Å². The molecule has 3 aromatic carbocycles. The Morgan fingerprint density at radius 1 is 0.897 bits per heavy atom. The Morgan fingerprint density at radius 3 is 2.21 bits per heavy atom. The van der Waals surface area contributed by atoms with E-state index in [0.29, 0.717) is 6.54 Å². The third-order valence-electron chi connectivity index (χ3n) is 6.22. The summed E-state index contributed by atoms with van der Waals surface area (Å²) in [6.45, 7) is 0.650. The van der Waals surface area contributed by atoms with Crippen molar-refractivity contribution in [2.45, 2.75) is 18.3 Å². The van der Waals surface area contributed by atoms with E-state index in [4.69, 9.17) is 0 Å². The maximum absolute atomic E-state index is 13.0. The number of fused-ring (bicyclic) bond motifs is 1. The molecular weight excluding hydrogens is 356 g/mol. The van der Waals surface area contributed by atoms with Crippen molar-refractivity contribution in [3.63, 3.8) is 0 Å². The standard InChI is InChI=1S/C26H24N2O/c29-25(27-16-15-19-18-28-24-14-8-7-13-22(19)24)23-17-26(23,20-9-3-1-4-10-20)21-11-5-2-6-12-21/h1-14,18,23,28H,15-17H2,(H,27,29)/t23-/m0/s1. The maximum Gasteiger partial charge on any atom is 0.224 e. The van der Waals surface area contributed by atoms with E-state index in [0.717, 1.165) is 18.4 Å². The van der Waals surface area contributed by atoms with Gasteiger partial charge in [0.25, 0.3) is 0 Å². The Labute approximate surface area is 170 Å². The third kappa shape index (κ3) is 3.13. The van der Waals surface area contributed by atoms with Crippen LogP contribution in [0.5, 0.6) is 0 Å². The molecule has 0 radical (unpaired) electrons. The number of carbonyl (C=O) groups is 1. The number of hydrogen-bond acceptors (Lipinski definition) is 1. The highest BCUT2D eigenvalue weighted by molar-refractivity contribution is 5.86. The predicted molar refractivity (Wildman–Crippen MR) is 117 cm³/mol. The first-order chi connectivity index (χ1) is 14.3. The van der Waals surface area contributed by atoms with Crippen LogP contribution in [0.25, 0.3) is 10.9 Å². The zero-order chi connectivity index (χ0) is 19.7. The Balaban J connectivity index is 1.31. The molecule has 5 rings (SSSR count). The maximum atomic E-state index is 13.0. The van der Waals surface area contributed by atoms with Crippen LogP contribution in [0.15, 0.2) is 91.1 Å². The van der Waals surface area contributed by atoms with Crippen molar-refractivity contribution in [1.82, 2.24) is 10.3 Å². The first-order valence-electron chi connectivity index (χ1n) is 10.2. The molecule has 0 saturated heterocycles. The molecule has 1 saturated carbocycles. The lowest BCUT2D eigenvalue weighted by Gasteiger charge is -2.19. The Hall–Kier alpha value is -3.33. The summed E-state index contributed by atoms with van der Waals surface area (Å²) in [7, 11) is 0. The van der Waals surface area contributed by atoms with Crippen molar-refractivity contribution in [3.8, 4) is 0 Å². The number of carbonyl (C=O) groups excluding carboxylic acids is 1. The quantitative estimate of drug-likeness (QED) is 0.494. The highest BCUT2D eigenvalue weighted by Gasteiger charge is 2.60. The molecule has 1 aromatic heterocycles. The van der Waals surface area contributed by atoms with Crippen LogP contribution in [0.1, 0.15) is 23.1 Å². The van der Waals surface area contributed by atoms with E-state index in [1.54, 1.807) is 0 Å². The van der Waals surface area contributed by atoms with E-state index in [-0.39, 0.29) is 17.2 Å². The molecule has 0 bridgehead atoms. The SMILES string of the molecule is O=C(NCCc1c[nH]c2ccccc12)[C@@H]1CC1(c1ccccc1)c1ccccc1. The number of H-pyrrole nitrogens is 1. The summed E-state index contributed by atoms with van der Waals surface area (Å²) >= 11 is 0. The predicted octanol–water partition coefficient (Wildman–Crippen LogP) is 4.83. The van der Waals surface area contributed by atoms with Gasteiger partial charge >= 0.3 is 0 Å². The minimum absolute atomic E-state index is 0.0183. The van der Waals surface area contributed by atoms with Gasteiger partial charge in [0.15, 0.2) is 0 Å². The lowest BCUT2D eigenvalue weighted by atomic mass is 9.85. The van der Waals surface area contributed by atoms with E-state index < -0.39 is 0 Å². The topological polar surface area (TPSA) is 44.9 Å². The molecule has 1 aliphatic carbocycles. The molecule has 4 aromatic rings. The molecule has 3 heteroatoms. The van der Waals surface area contributed by atoms with Crippen LogP contribution < -0.4 is 5.32 Å². The van der Waals surface area contributed by atoms with Crippen molar-refractivity contribution in [2.75, 3.05) is 6.54 Å². The molecule has 1 atom stereocenters. The number of amides is 1. The summed E-state index contributed by atoms with van der Waals surface area (Å²) < 4.78 is 0. The van der Waals surface area contributed by atoms with Gasteiger partial charge in [0.1, 0.15) is 0 Å². The monoisotopic (exact) mass is 380 g/mol. The van der Waals surface area contributed by atoms with Crippen molar-refractivity contribution in [2.24, 2.45) is 5.92 Å². The molecule has 0 unspecified atom stereocenters. The van der Waals surface area contributed by atoms with E-state index in [2.05, 4.69) is 77.0 Å². The fraction of sp³-hybridized carbons (Fsp3) is 0.192. The second kappa shape index (κ2) is 7.25. The van der Waals surface area contributed by atoms with Gasteiger partial charge in [0, 0.05) is 29.1 Å². The van der Waals surface area contributed by atoms with Gasteiger partial charge in [-0.1, -0.05) is 78.9 Å². The lowest BCUT2D eigenvalue weighted by Crippen LogP contribution is -2.30. The molecule has 144 valence electrons. The normalized spacial score (nSPS) is 17.2. The van der Waals surface area contributed by atoms with Gasteiger partial charge in [-0.2, -0.15) is 0 Å². The zero-order valence-electron chi connectivity index (χ0n) is 16.3. The number of rotatable bonds is 6. The minimum Gasteiger partial charge on any atom is -0.361 e. The molecule has 29 heavy (non-hydrogen) atoms. The summed E-state index contributed by atoms with van der Waals surface area (Å²) in [5.74, 6) is 0.132. The summed E-state index contributed by atoms with van der Waals surface area (Å²) in [6, 6.07) is 29.2. The summed E-state index contributed by atoms with van der Waals surface area (Å²) in [6.07, 6.45) is 3.73.